The van der Waals surface area contributed by atoms with E-state index in [-0.39, 0.29) is 0 Å². The predicted molar refractivity (Wildman–Crippen MR) is 210 cm³/mol. The molecule has 0 atom stereocenters. The van der Waals surface area contributed by atoms with Gasteiger partial charge in [-0.25, -0.2) is 0 Å². The molecule has 8 rings (SSSR count). The highest BCUT2D eigenvalue weighted by molar-refractivity contribution is 5.94. The molecule has 0 aliphatic rings. The highest BCUT2D eigenvalue weighted by Crippen LogP contribution is 2.42. The molecule has 0 aliphatic heterocycles. The van der Waals surface area contributed by atoms with E-state index in [1.165, 1.54) is 21.5 Å². The van der Waals surface area contributed by atoms with Crippen LogP contribution >= 0.6 is 0 Å². The van der Waals surface area contributed by atoms with Crippen molar-refractivity contribution in [2.45, 2.75) is 19.3 Å². The summed E-state index contributed by atoms with van der Waals surface area (Å²) in [6, 6.07) is 47.3. The maximum Gasteiger partial charge on any atom is 0.126 e. The largest absolute Gasteiger partial charge is 0.496 e. The zero-order chi connectivity index (χ0) is 34.9. The molecular weight excluding hydrogens is 629 g/mol. The Morgan fingerprint density at radius 1 is 0.333 bits per heavy atom. The van der Waals surface area contributed by atoms with Crippen LogP contribution in [0.2, 0.25) is 0 Å². The maximum atomic E-state index is 6.37. The maximum absolute atomic E-state index is 6.37. The summed E-state index contributed by atoms with van der Waals surface area (Å²) in [5.41, 5.74) is 6.72. The number of rotatable bonds is 10. The van der Waals surface area contributed by atoms with Crippen LogP contribution in [0.4, 0.5) is 0 Å². The highest BCUT2D eigenvalue weighted by atomic mass is 16.5. The molecule has 4 heteroatoms. The highest BCUT2D eigenvalue weighted by Gasteiger charge is 2.22. The zero-order valence-electron chi connectivity index (χ0n) is 29.5. The molecule has 0 aromatic heterocycles. The Morgan fingerprint density at radius 3 is 1.04 bits per heavy atom. The third kappa shape index (κ3) is 5.97. The average Bonchev–Trinajstić information content (AvgIpc) is 3.17. The summed E-state index contributed by atoms with van der Waals surface area (Å²) in [4.78, 5) is 0. The lowest BCUT2D eigenvalue weighted by Crippen LogP contribution is -2.05. The molecule has 8 aromatic carbocycles. The van der Waals surface area contributed by atoms with Crippen molar-refractivity contribution in [1.29, 1.82) is 0 Å². The van der Waals surface area contributed by atoms with Gasteiger partial charge in [0.1, 0.15) is 23.0 Å². The van der Waals surface area contributed by atoms with E-state index < -0.39 is 0 Å². The van der Waals surface area contributed by atoms with Gasteiger partial charge in [-0.1, -0.05) is 97.1 Å². The fourth-order valence-corrected chi connectivity index (χ4v) is 7.83. The number of benzene rings is 8. The molecule has 0 bridgehead atoms. The van der Waals surface area contributed by atoms with Crippen molar-refractivity contribution in [2.24, 2.45) is 0 Å². The van der Waals surface area contributed by atoms with Gasteiger partial charge in [0.2, 0.25) is 0 Å². The minimum atomic E-state index is 0.624. The molecule has 8 aromatic rings. The molecule has 0 spiro atoms. The van der Waals surface area contributed by atoms with Gasteiger partial charge in [-0.3, -0.25) is 0 Å². The van der Waals surface area contributed by atoms with Crippen LogP contribution in [0.1, 0.15) is 33.4 Å². The number of fused-ring (bicyclic) bond motifs is 4. The Balaban J connectivity index is 1.30. The molecule has 0 amide bonds. The van der Waals surface area contributed by atoms with Crippen molar-refractivity contribution < 1.29 is 18.9 Å². The van der Waals surface area contributed by atoms with Crippen molar-refractivity contribution in [3.63, 3.8) is 0 Å². The van der Waals surface area contributed by atoms with Crippen molar-refractivity contribution in [2.75, 3.05) is 28.4 Å². The lowest BCUT2D eigenvalue weighted by Gasteiger charge is -2.22. The van der Waals surface area contributed by atoms with Crippen molar-refractivity contribution >= 4 is 43.1 Å². The third-order valence-electron chi connectivity index (χ3n) is 10.2. The van der Waals surface area contributed by atoms with Gasteiger partial charge >= 0.3 is 0 Å². The van der Waals surface area contributed by atoms with Gasteiger partial charge in [-0.05, 0) is 102 Å². The van der Waals surface area contributed by atoms with Crippen LogP contribution in [0.5, 0.6) is 23.0 Å². The van der Waals surface area contributed by atoms with Crippen molar-refractivity contribution in [3.05, 3.63) is 167 Å². The fourth-order valence-electron chi connectivity index (χ4n) is 7.83. The summed E-state index contributed by atoms with van der Waals surface area (Å²) in [6.45, 7) is 0. The van der Waals surface area contributed by atoms with Crippen molar-refractivity contribution in [3.8, 4) is 23.0 Å². The lowest BCUT2D eigenvalue weighted by molar-refractivity contribution is 0.400. The second-order valence-electron chi connectivity index (χ2n) is 13.1. The van der Waals surface area contributed by atoms with E-state index >= 15 is 0 Å². The molecule has 0 saturated heterocycles. The normalized spacial score (nSPS) is 11.4. The summed E-state index contributed by atoms with van der Waals surface area (Å²) in [6.07, 6.45) is 1.95. The van der Waals surface area contributed by atoms with Gasteiger partial charge in [-0.2, -0.15) is 0 Å². The van der Waals surface area contributed by atoms with Gasteiger partial charge in [0.05, 0.1) is 28.4 Å². The molecule has 0 radical (unpaired) electrons. The van der Waals surface area contributed by atoms with Crippen LogP contribution in [-0.2, 0) is 19.3 Å². The molecule has 252 valence electrons. The number of hydrogen-bond acceptors (Lipinski definition) is 4. The van der Waals surface area contributed by atoms with Crippen LogP contribution in [0, 0.1) is 0 Å². The minimum Gasteiger partial charge on any atom is -0.496 e. The van der Waals surface area contributed by atoms with Gasteiger partial charge in [-0.15, -0.1) is 0 Å². The van der Waals surface area contributed by atoms with Gasteiger partial charge in [0.15, 0.2) is 0 Å². The molecule has 4 nitrogen and oxygen atoms in total. The van der Waals surface area contributed by atoms with E-state index in [4.69, 9.17) is 18.9 Å². The summed E-state index contributed by atoms with van der Waals surface area (Å²) >= 11 is 0. The summed E-state index contributed by atoms with van der Waals surface area (Å²) in [7, 11) is 7.06. The zero-order valence-corrected chi connectivity index (χ0v) is 29.5. The average molecular weight is 669 g/mol. The Hall–Kier alpha value is -6.00. The first-order chi connectivity index (χ1) is 25.1. The molecule has 0 aliphatic carbocycles. The molecular formula is C47H40O4. The van der Waals surface area contributed by atoms with Gasteiger partial charge in [0, 0.05) is 30.4 Å². The Morgan fingerprint density at radius 2 is 0.667 bits per heavy atom. The first-order valence-corrected chi connectivity index (χ1v) is 17.3. The Labute approximate surface area is 298 Å². The monoisotopic (exact) mass is 668 g/mol. The molecule has 0 unspecified atom stereocenters. The Kier molecular flexibility index (Phi) is 8.67. The predicted octanol–water partition coefficient (Wildman–Crippen LogP) is 11.1. The Bertz CT molecular complexity index is 2390. The smallest absolute Gasteiger partial charge is 0.126 e. The van der Waals surface area contributed by atoms with Crippen LogP contribution in [0.3, 0.4) is 0 Å². The van der Waals surface area contributed by atoms with E-state index in [9.17, 15) is 0 Å². The molecule has 51 heavy (non-hydrogen) atoms. The SMILES string of the molecule is COc1cc2ccccc2cc1Cc1cc2ccccc2c(Cc2c(OC)c(Cc3cc4ccccc4cc3OC)cc3ccccc23)c1OC. The molecule has 0 heterocycles. The van der Waals surface area contributed by atoms with Crippen LogP contribution in [0.25, 0.3) is 43.1 Å². The number of methoxy groups -OCH3 is 4. The topological polar surface area (TPSA) is 36.9 Å². The van der Waals surface area contributed by atoms with E-state index in [1.807, 2.05) is 0 Å². The first kappa shape index (κ1) is 32.2. The van der Waals surface area contributed by atoms with Gasteiger partial charge in [0.25, 0.3) is 0 Å². The van der Waals surface area contributed by atoms with Crippen LogP contribution in [-0.4, -0.2) is 28.4 Å². The quantitative estimate of drug-likeness (QED) is 0.145. The van der Waals surface area contributed by atoms with Crippen molar-refractivity contribution in [1.82, 2.24) is 0 Å². The summed E-state index contributed by atoms with van der Waals surface area (Å²) < 4.78 is 24.6. The number of hydrogen-bond donors (Lipinski definition) is 0. The van der Waals surface area contributed by atoms with Crippen LogP contribution < -0.4 is 18.9 Å². The van der Waals surface area contributed by atoms with E-state index in [2.05, 4.69) is 133 Å². The second kappa shape index (κ2) is 13.7. The number of ether oxygens (including phenoxy) is 4. The molecule has 0 saturated carbocycles. The summed E-state index contributed by atoms with van der Waals surface area (Å²) in [5, 5.41) is 9.35. The lowest BCUT2D eigenvalue weighted by atomic mass is 9.88. The fraction of sp³-hybridized carbons (Fsp3) is 0.149. The molecule has 0 fully saturated rings. The minimum absolute atomic E-state index is 0.624. The third-order valence-corrected chi connectivity index (χ3v) is 10.2. The summed E-state index contributed by atoms with van der Waals surface area (Å²) in [5.74, 6) is 3.51. The first-order valence-electron chi connectivity index (χ1n) is 17.3. The van der Waals surface area contributed by atoms with E-state index in [1.54, 1.807) is 28.4 Å². The second-order valence-corrected chi connectivity index (χ2v) is 13.1. The molecule has 0 N–H and O–H groups in total. The van der Waals surface area contributed by atoms with Gasteiger partial charge < -0.3 is 18.9 Å². The van der Waals surface area contributed by atoms with E-state index in [0.29, 0.717) is 19.3 Å². The van der Waals surface area contributed by atoms with Crippen LogP contribution in [0.15, 0.2) is 133 Å². The standard InChI is InChI=1S/C47H40O4/c1-48-44-27-32-15-7-5-13-30(32)21-36(44)25-38-23-34-17-9-11-19-40(34)42(46(38)50-3)29-43-41-20-12-10-18-35(41)24-39(47(43)51-4)26-37-22-31-14-6-8-16-33(31)28-45(37)49-2/h5-24,27-28H,25-26,29H2,1-4H3. The van der Waals surface area contributed by atoms with E-state index in [0.717, 1.165) is 77.9 Å².